The third kappa shape index (κ3) is 3.05. The Balaban J connectivity index is 1.82. The number of esters is 1. The summed E-state index contributed by atoms with van der Waals surface area (Å²) >= 11 is 0. The highest BCUT2D eigenvalue weighted by molar-refractivity contribution is 5.77. The number of rotatable bonds is 1. The van der Waals surface area contributed by atoms with Gasteiger partial charge in [0.15, 0.2) is 6.73 Å². The van der Waals surface area contributed by atoms with Gasteiger partial charge in [0.05, 0.1) is 17.5 Å². The highest BCUT2D eigenvalue weighted by Crippen LogP contribution is 2.41. The fraction of sp³-hybridized carbons (Fsp3) is 0.500. The number of carbonyl (C=O) groups excluding carboxylic acids is 1. The number of hydrogen-bond donors (Lipinski definition) is 1. The number of nitrogens with zero attached hydrogens (tertiary/aromatic N) is 1. The lowest BCUT2D eigenvalue weighted by molar-refractivity contribution is -0.168. The second-order valence-corrected chi connectivity index (χ2v) is 6.15. The molecule has 8 heteroatoms. The average Bonchev–Trinajstić information content (AvgIpc) is 2.54. The Hall–Kier alpha value is -2.25. The molecular weight excluding hydrogens is 327 g/mol. The number of ether oxygens (including phenoxy) is 1. The third-order valence-electron chi connectivity index (χ3n) is 4.79. The predicted molar refractivity (Wildman–Crippen MR) is 76.1 cm³/mol. The second kappa shape index (κ2) is 5.99. The van der Waals surface area contributed by atoms with Gasteiger partial charge in [-0.1, -0.05) is 18.2 Å². The first-order valence-electron chi connectivity index (χ1n) is 7.60. The maximum absolute atomic E-state index is 12.9. The van der Waals surface area contributed by atoms with E-state index in [9.17, 15) is 27.9 Å². The van der Waals surface area contributed by atoms with E-state index in [4.69, 9.17) is 4.74 Å². The van der Waals surface area contributed by atoms with Gasteiger partial charge in [0.25, 0.3) is 0 Å². The normalized spacial score (nSPS) is 27.4. The fourth-order valence-corrected chi connectivity index (χ4v) is 3.59. The summed E-state index contributed by atoms with van der Waals surface area (Å²) in [6, 6.07) is 4.62. The Morgan fingerprint density at radius 1 is 1.29 bits per heavy atom. The smallest absolute Gasteiger partial charge is 0.416 e. The Bertz CT molecular complexity index is 661. The average molecular weight is 343 g/mol. The minimum Gasteiger partial charge on any atom is -0.465 e. The van der Waals surface area contributed by atoms with Crippen molar-refractivity contribution < 1.29 is 32.6 Å². The van der Waals surface area contributed by atoms with E-state index in [0.717, 1.165) is 17.0 Å². The van der Waals surface area contributed by atoms with Crippen molar-refractivity contribution in [1.29, 1.82) is 0 Å². The number of amides is 1. The molecule has 1 aliphatic carbocycles. The molecule has 1 saturated carbocycles. The Morgan fingerprint density at radius 3 is 2.71 bits per heavy atom. The lowest BCUT2D eigenvalue weighted by Gasteiger charge is -2.43. The van der Waals surface area contributed by atoms with Crippen LogP contribution in [0.15, 0.2) is 24.3 Å². The van der Waals surface area contributed by atoms with Crippen molar-refractivity contribution in [2.45, 2.75) is 37.4 Å². The number of benzene rings is 1. The predicted octanol–water partition coefficient (Wildman–Crippen LogP) is 3.45. The molecule has 2 aliphatic rings. The molecule has 0 radical (unpaired) electrons. The molecule has 0 bridgehead atoms. The number of carbonyl (C=O) groups is 2. The van der Waals surface area contributed by atoms with E-state index in [2.05, 4.69) is 0 Å². The summed E-state index contributed by atoms with van der Waals surface area (Å²) in [6.45, 7) is -0.288. The first-order valence-corrected chi connectivity index (χ1v) is 7.60. The van der Waals surface area contributed by atoms with E-state index in [1.54, 1.807) is 6.07 Å². The van der Waals surface area contributed by atoms with E-state index in [0.29, 0.717) is 18.4 Å². The monoisotopic (exact) mass is 343 g/mol. The topological polar surface area (TPSA) is 66.8 Å². The minimum absolute atomic E-state index is 0.227. The quantitative estimate of drug-likeness (QED) is 0.793. The molecule has 1 heterocycles. The molecule has 130 valence electrons. The van der Waals surface area contributed by atoms with Crippen molar-refractivity contribution in [3.8, 4) is 0 Å². The van der Waals surface area contributed by atoms with Gasteiger partial charge in [-0.3, -0.25) is 9.69 Å². The fourth-order valence-electron chi connectivity index (χ4n) is 3.59. The van der Waals surface area contributed by atoms with Crippen LogP contribution in [-0.4, -0.2) is 34.8 Å². The summed E-state index contributed by atoms with van der Waals surface area (Å²) in [6.07, 6.45) is -4.34. The van der Waals surface area contributed by atoms with Gasteiger partial charge in [0.1, 0.15) is 0 Å². The summed E-state index contributed by atoms with van der Waals surface area (Å²) < 4.78 is 43.5. The number of halogens is 3. The van der Waals surface area contributed by atoms with Gasteiger partial charge in [-0.05, 0) is 36.8 Å². The van der Waals surface area contributed by atoms with Crippen LogP contribution in [0.5, 0.6) is 0 Å². The molecule has 1 aromatic rings. The van der Waals surface area contributed by atoms with Crippen molar-refractivity contribution in [2.24, 2.45) is 5.92 Å². The molecule has 1 saturated heterocycles. The van der Waals surface area contributed by atoms with Crippen LogP contribution in [0.4, 0.5) is 18.0 Å². The maximum Gasteiger partial charge on any atom is 0.416 e. The van der Waals surface area contributed by atoms with E-state index >= 15 is 0 Å². The minimum atomic E-state index is -4.42. The first kappa shape index (κ1) is 16.6. The lowest BCUT2D eigenvalue weighted by atomic mass is 9.74. The zero-order valence-corrected chi connectivity index (χ0v) is 12.6. The molecule has 3 unspecified atom stereocenters. The zero-order chi connectivity index (χ0) is 17.5. The van der Waals surface area contributed by atoms with E-state index < -0.39 is 35.8 Å². The number of carboxylic acid groups (broad SMARTS) is 1. The molecule has 1 amide bonds. The molecule has 1 aromatic carbocycles. The van der Waals surface area contributed by atoms with Crippen molar-refractivity contribution in [2.75, 3.05) is 6.73 Å². The Kier molecular flexibility index (Phi) is 4.15. The zero-order valence-electron chi connectivity index (χ0n) is 12.6. The highest BCUT2D eigenvalue weighted by Gasteiger charge is 2.45. The molecule has 1 N–H and O–H groups in total. The molecule has 2 fully saturated rings. The first-order chi connectivity index (χ1) is 11.3. The van der Waals surface area contributed by atoms with Gasteiger partial charge in [-0.25, -0.2) is 4.79 Å². The van der Waals surface area contributed by atoms with Crippen molar-refractivity contribution in [1.82, 2.24) is 4.90 Å². The van der Waals surface area contributed by atoms with Gasteiger partial charge in [-0.15, -0.1) is 0 Å². The van der Waals surface area contributed by atoms with E-state index in [-0.39, 0.29) is 19.1 Å². The van der Waals surface area contributed by atoms with Gasteiger partial charge in [0.2, 0.25) is 0 Å². The largest absolute Gasteiger partial charge is 0.465 e. The van der Waals surface area contributed by atoms with Crippen molar-refractivity contribution in [3.05, 3.63) is 35.4 Å². The number of cyclic esters (lactones) is 1. The van der Waals surface area contributed by atoms with Crippen molar-refractivity contribution in [3.63, 3.8) is 0 Å². The molecular formula is C16H16F3NO4. The SMILES string of the molecule is O=C1OCN(C(=O)O)C2CCC(c3cccc(C(F)(F)F)c3)CC12. The Morgan fingerprint density at radius 2 is 2.04 bits per heavy atom. The van der Waals surface area contributed by atoms with E-state index in [1.165, 1.54) is 6.07 Å². The molecule has 3 atom stereocenters. The summed E-state index contributed by atoms with van der Waals surface area (Å²) in [4.78, 5) is 24.3. The van der Waals surface area contributed by atoms with Crippen LogP contribution >= 0.6 is 0 Å². The molecule has 1 aliphatic heterocycles. The van der Waals surface area contributed by atoms with Crippen molar-refractivity contribution >= 4 is 12.1 Å². The standard InChI is InChI=1S/C16H16F3NO4/c17-16(18,19)11-3-1-2-9(6-11)10-4-5-13-12(7-10)14(21)24-8-20(13)15(22)23/h1-3,6,10,12-13H,4-5,7-8H2,(H,22,23). The summed E-state index contributed by atoms with van der Waals surface area (Å²) in [5, 5.41) is 9.18. The molecule has 0 aromatic heterocycles. The van der Waals surface area contributed by atoms with Gasteiger partial charge in [-0.2, -0.15) is 13.2 Å². The molecule has 0 spiro atoms. The van der Waals surface area contributed by atoms with Gasteiger partial charge >= 0.3 is 18.2 Å². The summed E-state index contributed by atoms with van der Waals surface area (Å²) in [5.41, 5.74) is -0.205. The third-order valence-corrected chi connectivity index (χ3v) is 4.79. The molecule has 5 nitrogen and oxygen atoms in total. The highest BCUT2D eigenvalue weighted by atomic mass is 19.4. The van der Waals surface area contributed by atoms with Crippen LogP contribution in [-0.2, 0) is 15.7 Å². The van der Waals surface area contributed by atoms with Crippen LogP contribution in [0.25, 0.3) is 0 Å². The van der Waals surface area contributed by atoms with E-state index in [1.807, 2.05) is 0 Å². The van der Waals surface area contributed by atoms with Crippen LogP contribution in [0, 0.1) is 5.92 Å². The molecule has 24 heavy (non-hydrogen) atoms. The van der Waals surface area contributed by atoms with Gasteiger partial charge < -0.3 is 9.84 Å². The summed E-state index contributed by atoms with van der Waals surface area (Å²) in [7, 11) is 0. The van der Waals surface area contributed by atoms with Crippen LogP contribution < -0.4 is 0 Å². The van der Waals surface area contributed by atoms with Crippen LogP contribution in [0.1, 0.15) is 36.3 Å². The van der Waals surface area contributed by atoms with Crippen LogP contribution in [0.2, 0.25) is 0 Å². The summed E-state index contributed by atoms with van der Waals surface area (Å²) in [5.74, 6) is -1.34. The number of hydrogen-bond acceptors (Lipinski definition) is 3. The number of fused-ring (bicyclic) bond motifs is 1. The Labute approximate surface area is 136 Å². The maximum atomic E-state index is 12.9. The molecule has 3 rings (SSSR count). The lowest BCUT2D eigenvalue weighted by Crippen LogP contribution is -2.54. The second-order valence-electron chi connectivity index (χ2n) is 6.15. The van der Waals surface area contributed by atoms with Gasteiger partial charge in [0, 0.05) is 0 Å². The number of alkyl halides is 3. The van der Waals surface area contributed by atoms with Crippen LogP contribution in [0.3, 0.4) is 0 Å².